The van der Waals surface area contributed by atoms with Gasteiger partial charge in [0.2, 0.25) is 0 Å². The van der Waals surface area contributed by atoms with Crippen LogP contribution in [0.2, 0.25) is 0 Å². The van der Waals surface area contributed by atoms with Crippen LogP contribution >= 0.6 is 0 Å². The van der Waals surface area contributed by atoms with Gasteiger partial charge in [-0.2, -0.15) is 0 Å². The van der Waals surface area contributed by atoms with E-state index in [0.29, 0.717) is 6.61 Å². The Labute approximate surface area is 144 Å². The zero-order valence-electron chi connectivity index (χ0n) is 14.3. The maximum Gasteiger partial charge on any atom is 0.253 e. The van der Waals surface area contributed by atoms with E-state index < -0.39 is 0 Å². The molecule has 24 heavy (non-hydrogen) atoms. The number of carbonyl (C=O) groups is 1. The van der Waals surface area contributed by atoms with Gasteiger partial charge in [0.1, 0.15) is 12.4 Å². The molecule has 2 aromatic carbocycles. The zero-order chi connectivity index (χ0) is 16.8. The number of carbonyl (C=O) groups excluding carboxylic acids is 1. The highest BCUT2D eigenvalue weighted by Gasteiger charge is 2.19. The van der Waals surface area contributed by atoms with Crippen molar-refractivity contribution < 1.29 is 9.53 Å². The Morgan fingerprint density at radius 3 is 2.54 bits per heavy atom. The van der Waals surface area contributed by atoms with Crippen LogP contribution in [0.3, 0.4) is 0 Å². The van der Waals surface area contributed by atoms with Gasteiger partial charge in [-0.15, -0.1) is 0 Å². The van der Waals surface area contributed by atoms with Crippen LogP contribution in [-0.2, 0) is 6.61 Å². The summed E-state index contributed by atoms with van der Waals surface area (Å²) in [6.07, 6.45) is 3.42. The Kier molecular flexibility index (Phi) is 5.52. The fourth-order valence-electron chi connectivity index (χ4n) is 3.08. The van der Waals surface area contributed by atoms with Crippen LogP contribution in [0.5, 0.6) is 5.75 Å². The summed E-state index contributed by atoms with van der Waals surface area (Å²) >= 11 is 0. The maximum absolute atomic E-state index is 12.6. The van der Waals surface area contributed by atoms with Crippen LogP contribution in [0.4, 0.5) is 0 Å². The Balaban J connectivity index is 1.58. The molecule has 1 fully saturated rings. The molecule has 3 heteroatoms. The lowest BCUT2D eigenvalue weighted by Crippen LogP contribution is -2.31. The second kappa shape index (κ2) is 8.00. The SMILES string of the molecule is CC1CCCN(C(=O)c2ccc(OCc3ccccc3)cc2)CC1. The van der Waals surface area contributed by atoms with Crippen molar-refractivity contribution in [1.29, 1.82) is 0 Å². The summed E-state index contributed by atoms with van der Waals surface area (Å²) in [6.45, 7) is 4.55. The second-order valence-electron chi connectivity index (χ2n) is 6.63. The molecule has 0 saturated carbocycles. The molecule has 126 valence electrons. The van der Waals surface area contributed by atoms with E-state index >= 15 is 0 Å². The van der Waals surface area contributed by atoms with Gasteiger partial charge < -0.3 is 9.64 Å². The first-order valence-electron chi connectivity index (χ1n) is 8.78. The first-order valence-corrected chi connectivity index (χ1v) is 8.78. The predicted octanol–water partition coefficient (Wildman–Crippen LogP) is 4.53. The highest BCUT2D eigenvalue weighted by molar-refractivity contribution is 5.94. The topological polar surface area (TPSA) is 29.5 Å². The van der Waals surface area contributed by atoms with Gasteiger partial charge in [-0.05, 0) is 55.0 Å². The lowest BCUT2D eigenvalue weighted by Gasteiger charge is -2.20. The Hall–Kier alpha value is -2.29. The van der Waals surface area contributed by atoms with E-state index in [2.05, 4.69) is 6.92 Å². The molecule has 0 aliphatic carbocycles. The van der Waals surface area contributed by atoms with E-state index in [9.17, 15) is 4.79 Å². The average Bonchev–Trinajstić information content (AvgIpc) is 2.85. The molecule has 1 amide bonds. The molecule has 0 aromatic heterocycles. The third-order valence-electron chi connectivity index (χ3n) is 4.65. The molecule has 0 bridgehead atoms. The summed E-state index contributed by atoms with van der Waals surface area (Å²) in [4.78, 5) is 14.6. The van der Waals surface area contributed by atoms with Gasteiger partial charge >= 0.3 is 0 Å². The Morgan fingerprint density at radius 1 is 1.04 bits per heavy atom. The van der Waals surface area contributed by atoms with E-state index in [0.717, 1.165) is 48.7 Å². The first-order chi connectivity index (χ1) is 11.7. The normalized spacial score (nSPS) is 18.0. The molecule has 1 atom stereocenters. The third-order valence-corrected chi connectivity index (χ3v) is 4.65. The highest BCUT2D eigenvalue weighted by atomic mass is 16.5. The van der Waals surface area contributed by atoms with E-state index in [1.54, 1.807) is 0 Å². The van der Waals surface area contributed by atoms with E-state index in [4.69, 9.17) is 4.74 Å². The molecule has 0 radical (unpaired) electrons. The van der Waals surface area contributed by atoms with Gasteiger partial charge in [0, 0.05) is 18.7 Å². The number of likely N-dealkylation sites (tertiary alicyclic amines) is 1. The number of hydrogen-bond acceptors (Lipinski definition) is 2. The molecule has 1 heterocycles. The number of nitrogens with zero attached hydrogens (tertiary/aromatic N) is 1. The van der Waals surface area contributed by atoms with E-state index in [1.807, 2.05) is 59.5 Å². The van der Waals surface area contributed by atoms with E-state index in [1.165, 1.54) is 6.42 Å². The maximum atomic E-state index is 12.6. The van der Waals surface area contributed by atoms with Crippen molar-refractivity contribution in [1.82, 2.24) is 4.90 Å². The van der Waals surface area contributed by atoms with Crippen molar-refractivity contribution in [2.45, 2.75) is 32.8 Å². The number of amides is 1. The van der Waals surface area contributed by atoms with Crippen molar-refractivity contribution in [2.75, 3.05) is 13.1 Å². The van der Waals surface area contributed by atoms with Crippen molar-refractivity contribution in [3.05, 3.63) is 65.7 Å². The molecule has 0 N–H and O–H groups in total. The van der Waals surface area contributed by atoms with Gasteiger partial charge in [0.25, 0.3) is 5.91 Å². The average molecular weight is 323 g/mol. The molecule has 3 nitrogen and oxygen atoms in total. The zero-order valence-corrected chi connectivity index (χ0v) is 14.3. The van der Waals surface area contributed by atoms with Crippen LogP contribution in [0.25, 0.3) is 0 Å². The van der Waals surface area contributed by atoms with Crippen LogP contribution < -0.4 is 4.74 Å². The fourth-order valence-corrected chi connectivity index (χ4v) is 3.08. The number of ether oxygens (including phenoxy) is 1. The lowest BCUT2D eigenvalue weighted by atomic mass is 10.0. The van der Waals surface area contributed by atoms with Crippen molar-refractivity contribution in [2.24, 2.45) is 5.92 Å². The summed E-state index contributed by atoms with van der Waals surface area (Å²) in [5.41, 5.74) is 1.88. The summed E-state index contributed by atoms with van der Waals surface area (Å²) in [5.74, 6) is 1.65. The van der Waals surface area contributed by atoms with Gasteiger partial charge in [-0.1, -0.05) is 37.3 Å². The molecule has 1 aliphatic heterocycles. The highest BCUT2D eigenvalue weighted by Crippen LogP contribution is 2.20. The minimum absolute atomic E-state index is 0.138. The number of hydrogen-bond donors (Lipinski definition) is 0. The molecule has 0 spiro atoms. The standard InChI is InChI=1S/C21H25NO2/c1-17-6-5-14-22(15-13-17)21(23)19-9-11-20(12-10-19)24-16-18-7-3-2-4-8-18/h2-4,7-12,17H,5-6,13-16H2,1H3. The molecular formula is C21H25NO2. The quantitative estimate of drug-likeness (QED) is 0.827. The predicted molar refractivity (Wildman–Crippen MR) is 96.1 cm³/mol. The monoisotopic (exact) mass is 323 g/mol. The van der Waals surface area contributed by atoms with Crippen molar-refractivity contribution >= 4 is 5.91 Å². The van der Waals surface area contributed by atoms with Crippen molar-refractivity contribution in [3.63, 3.8) is 0 Å². The fraction of sp³-hybridized carbons (Fsp3) is 0.381. The summed E-state index contributed by atoms with van der Waals surface area (Å²) in [6, 6.07) is 17.6. The summed E-state index contributed by atoms with van der Waals surface area (Å²) < 4.78 is 5.78. The van der Waals surface area contributed by atoms with Crippen LogP contribution in [0.15, 0.2) is 54.6 Å². The summed E-state index contributed by atoms with van der Waals surface area (Å²) in [7, 11) is 0. The van der Waals surface area contributed by atoms with Crippen molar-refractivity contribution in [3.8, 4) is 5.75 Å². The Bertz CT molecular complexity index is 651. The van der Waals surface area contributed by atoms with Crippen LogP contribution in [0.1, 0.15) is 42.1 Å². The number of rotatable bonds is 4. The van der Waals surface area contributed by atoms with Crippen LogP contribution in [0, 0.1) is 5.92 Å². The third kappa shape index (κ3) is 4.38. The van der Waals surface area contributed by atoms with Gasteiger partial charge in [-0.25, -0.2) is 0 Å². The molecule has 2 aromatic rings. The first kappa shape index (κ1) is 16.6. The second-order valence-corrected chi connectivity index (χ2v) is 6.63. The van der Waals surface area contributed by atoms with E-state index in [-0.39, 0.29) is 5.91 Å². The van der Waals surface area contributed by atoms with Crippen LogP contribution in [-0.4, -0.2) is 23.9 Å². The number of benzene rings is 2. The summed E-state index contributed by atoms with van der Waals surface area (Å²) in [5, 5.41) is 0. The molecular weight excluding hydrogens is 298 g/mol. The molecule has 1 unspecified atom stereocenters. The minimum atomic E-state index is 0.138. The molecule has 3 rings (SSSR count). The lowest BCUT2D eigenvalue weighted by molar-refractivity contribution is 0.0760. The Morgan fingerprint density at radius 2 is 1.79 bits per heavy atom. The van der Waals surface area contributed by atoms with Gasteiger partial charge in [0.05, 0.1) is 0 Å². The largest absolute Gasteiger partial charge is 0.489 e. The molecule has 1 aliphatic rings. The van der Waals surface area contributed by atoms with Gasteiger partial charge in [0.15, 0.2) is 0 Å². The minimum Gasteiger partial charge on any atom is -0.489 e. The molecule has 1 saturated heterocycles. The smallest absolute Gasteiger partial charge is 0.253 e. The van der Waals surface area contributed by atoms with Gasteiger partial charge in [-0.3, -0.25) is 4.79 Å².